The largest absolute Gasteiger partial charge is 0.484 e. The van der Waals surface area contributed by atoms with Crippen LogP contribution in [0.25, 0.3) is 0 Å². The van der Waals surface area contributed by atoms with Gasteiger partial charge >= 0.3 is 6.18 Å². The zero-order chi connectivity index (χ0) is 19.3. The average molecular weight is 389 g/mol. The Morgan fingerprint density at radius 3 is 2.42 bits per heavy atom. The fourth-order valence-electron chi connectivity index (χ4n) is 1.95. The summed E-state index contributed by atoms with van der Waals surface area (Å²) in [4.78, 5) is 22.2. The number of nitrogens with zero attached hydrogens (tertiary/aromatic N) is 1. The fourth-order valence-corrected chi connectivity index (χ4v) is 2.15. The van der Waals surface area contributed by atoms with E-state index in [1.54, 1.807) is 0 Å². The van der Waals surface area contributed by atoms with E-state index in [0.29, 0.717) is 5.56 Å². The van der Waals surface area contributed by atoms with E-state index < -0.39 is 23.6 Å². The number of hydrogen-bond donors (Lipinski definition) is 1. The molecular formula is C16H12ClF3N2O4. The number of nitrogens with one attached hydrogen (secondary N) is 1. The summed E-state index contributed by atoms with van der Waals surface area (Å²) in [6.45, 7) is -1.34. The van der Waals surface area contributed by atoms with Crippen molar-refractivity contribution < 1.29 is 27.6 Å². The molecule has 1 N–H and O–H groups in total. The van der Waals surface area contributed by atoms with Crippen LogP contribution in [0.1, 0.15) is 15.9 Å². The molecule has 0 aliphatic heterocycles. The summed E-state index contributed by atoms with van der Waals surface area (Å²) < 4.78 is 40.8. The lowest BCUT2D eigenvalue weighted by atomic mass is 10.1. The van der Waals surface area contributed by atoms with Crippen molar-refractivity contribution in [2.24, 2.45) is 0 Å². The monoisotopic (exact) mass is 388 g/mol. The van der Waals surface area contributed by atoms with Crippen molar-refractivity contribution in [1.29, 1.82) is 0 Å². The molecule has 26 heavy (non-hydrogen) atoms. The average Bonchev–Trinajstić information content (AvgIpc) is 2.58. The zero-order valence-electron chi connectivity index (χ0n) is 13.0. The second-order valence-corrected chi connectivity index (χ2v) is 5.56. The summed E-state index contributed by atoms with van der Waals surface area (Å²) >= 11 is 5.88. The number of ether oxygens (including phenoxy) is 1. The Labute approximate surface area is 150 Å². The van der Waals surface area contributed by atoms with Gasteiger partial charge < -0.3 is 10.1 Å². The molecule has 2 rings (SSSR count). The minimum absolute atomic E-state index is 0.0409. The number of alkyl halides is 3. The van der Waals surface area contributed by atoms with Crippen LogP contribution in [-0.4, -0.2) is 23.6 Å². The molecular weight excluding hydrogens is 377 g/mol. The Morgan fingerprint density at radius 2 is 1.85 bits per heavy atom. The van der Waals surface area contributed by atoms with Crippen molar-refractivity contribution in [1.82, 2.24) is 5.32 Å². The standard InChI is InChI=1S/C16H12ClF3N2O4/c17-14-6-3-11(22(24)25)7-13(14)15(23)21-8-10-1-4-12(5-2-10)26-9-16(18,19)20/h1-7H,8-9H2,(H,21,23). The fraction of sp³-hybridized carbons (Fsp3) is 0.188. The predicted molar refractivity (Wildman–Crippen MR) is 87.3 cm³/mol. The summed E-state index contributed by atoms with van der Waals surface area (Å²) in [5.74, 6) is -0.574. The second-order valence-electron chi connectivity index (χ2n) is 5.15. The maximum atomic E-state index is 12.1. The quantitative estimate of drug-likeness (QED) is 0.596. The third-order valence-electron chi connectivity index (χ3n) is 3.18. The number of carbonyl (C=O) groups is 1. The van der Waals surface area contributed by atoms with Gasteiger partial charge in [-0.2, -0.15) is 13.2 Å². The molecule has 0 aliphatic rings. The third kappa shape index (κ3) is 5.62. The van der Waals surface area contributed by atoms with Gasteiger partial charge in [0.2, 0.25) is 0 Å². The molecule has 6 nitrogen and oxygen atoms in total. The predicted octanol–water partition coefficient (Wildman–Crippen LogP) is 4.12. The molecule has 0 fully saturated rings. The number of rotatable bonds is 6. The van der Waals surface area contributed by atoms with Crippen molar-refractivity contribution in [2.75, 3.05) is 6.61 Å². The van der Waals surface area contributed by atoms with Crippen LogP contribution in [0.4, 0.5) is 18.9 Å². The molecule has 2 aromatic carbocycles. The topological polar surface area (TPSA) is 81.5 Å². The second kappa shape index (κ2) is 8.05. The van der Waals surface area contributed by atoms with Crippen LogP contribution in [0.15, 0.2) is 42.5 Å². The number of carbonyl (C=O) groups excluding carboxylic acids is 1. The zero-order valence-corrected chi connectivity index (χ0v) is 13.8. The van der Waals surface area contributed by atoms with Gasteiger partial charge in [-0.1, -0.05) is 23.7 Å². The molecule has 0 spiro atoms. The van der Waals surface area contributed by atoms with Crippen molar-refractivity contribution in [3.63, 3.8) is 0 Å². The van der Waals surface area contributed by atoms with Gasteiger partial charge in [-0.25, -0.2) is 0 Å². The molecule has 0 bridgehead atoms. The van der Waals surface area contributed by atoms with E-state index >= 15 is 0 Å². The SMILES string of the molecule is O=C(NCc1ccc(OCC(F)(F)F)cc1)c1cc([N+](=O)[O-])ccc1Cl. The van der Waals surface area contributed by atoms with Crippen LogP contribution < -0.4 is 10.1 Å². The highest BCUT2D eigenvalue weighted by molar-refractivity contribution is 6.33. The third-order valence-corrected chi connectivity index (χ3v) is 3.51. The van der Waals surface area contributed by atoms with E-state index in [0.717, 1.165) is 6.07 Å². The van der Waals surface area contributed by atoms with E-state index in [2.05, 4.69) is 10.1 Å². The van der Waals surface area contributed by atoms with Crippen molar-refractivity contribution >= 4 is 23.2 Å². The van der Waals surface area contributed by atoms with E-state index in [1.807, 2.05) is 0 Å². The molecule has 2 aromatic rings. The first-order valence-electron chi connectivity index (χ1n) is 7.16. The first-order valence-corrected chi connectivity index (χ1v) is 7.54. The van der Waals surface area contributed by atoms with Crippen LogP contribution in [0, 0.1) is 10.1 Å². The Hall–Kier alpha value is -2.81. The van der Waals surface area contributed by atoms with E-state index in [1.165, 1.54) is 36.4 Å². The highest BCUT2D eigenvalue weighted by atomic mass is 35.5. The summed E-state index contributed by atoms with van der Waals surface area (Å²) in [5.41, 5.74) is 0.274. The maximum absolute atomic E-state index is 12.1. The van der Waals surface area contributed by atoms with Crippen LogP contribution >= 0.6 is 11.6 Å². The first-order chi connectivity index (χ1) is 12.2. The number of nitro benzene ring substituents is 1. The van der Waals surface area contributed by atoms with Gasteiger partial charge in [0.05, 0.1) is 15.5 Å². The molecule has 138 valence electrons. The first kappa shape index (κ1) is 19.5. The highest BCUT2D eigenvalue weighted by Gasteiger charge is 2.28. The summed E-state index contributed by atoms with van der Waals surface area (Å²) in [7, 11) is 0. The smallest absolute Gasteiger partial charge is 0.422 e. The van der Waals surface area contributed by atoms with Crippen LogP contribution in [0.2, 0.25) is 5.02 Å². The van der Waals surface area contributed by atoms with Crippen LogP contribution in [0.5, 0.6) is 5.75 Å². The van der Waals surface area contributed by atoms with Crippen molar-refractivity contribution in [2.45, 2.75) is 12.7 Å². The molecule has 0 atom stereocenters. The van der Waals surface area contributed by atoms with Crippen molar-refractivity contribution in [3.8, 4) is 5.75 Å². The molecule has 0 unspecified atom stereocenters. The van der Waals surface area contributed by atoms with E-state index in [-0.39, 0.29) is 28.6 Å². The lowest BCUT2D eigenvalue weighted by molar-refractivity contribution is -0.384. The minimum Gasteiger partial charge on any atom is -0.484 e. The number of nitro groups is 1. The van der Waals surface area contributed by atoms with Gasteiger partial charge in [0.1, 0.15) is 5.75 Å². The molecule has 10 heteroatoms. The van der Waals surface area contributed by atoms with Gasteiger partial charge in [0.25, 0.3) is 11.6 Å². The maximum Gasteiger partial charge on any atom is 0.422 e. The number of non-ortho nitro benzene ring substituents is 1. The summed E-state index contributed by atoms with van der Waals surface area (Å²) in [6.07, 6.45) is -4.43. The van der Waals surface area contributed by atoms with Gasteiger partial charge in [-0.3, -0.25) is 14.9 Å². The highest BCUT2D eigenvalue weighted by Crippen LogP contribution is 2.22. The lowest BCUT2D eigenvalue weighted by Crippen LogP contribution is -2.23. The molecule has 1 amide bonds. The normalized spacial score (nSPS) is 11.1. The van der Waals surface area contributed by atoms with Crippen molar-refractivity contribution in [3.05, 3.63) is 68.7 Å². The Balaban J connectivity index is 1.97. The minimum atomic E-state index is -4.43. The number of halogens is 4. The summed E-state index contributed by atoms with van der Waals surface area (Å²) in [5, 5.41) is 13.4. The number of hydrogen-bond acceptors (Lipinski definition) is 4. The van der Waals surface area contributed by atoms with E-state index in [9.17, 15) is 28.1 Å². The molecule has 0 saturated heterocycles. The van der Waals surface area contributed by atoms with Gasteiger partial charge in [0, 0.05) is 18.7 Å². The Morgan fingerprint density at radius 1 is 1.19 bits per heavy atom. The van der Waals surface area contributed by atoms with E-state index in [4.69, 9.17) is 11.6 Å². The molecule has 0 radical (unpaired) electrons. The molecule has 0 saturated carbocycles. The molecule has 0 aromatic heterocycles. The Kier molecular flexibility index (Phi) is 6.04. The molecule has 0 aliphatic carbocycles. The number of amides is 1. The molecule has 0 heterocycles. The van der Waals surface area contributed by atoms with Crippen LogP contribution in [-0.2, 0) is 6.54 Å². The van der Waals surface area contributed by atoms with Gasteiger partial charge in [-0.15, -0.1) is 0 Å². The Bertz CT molecular complexity index is 810. The lowest BCUT2D eigenvalue weighted by Gasteiger charge is -2.10. The van der Waals surface area contributed by atoms with Crippen LogP contribution in [0.3, 0.4) is 0 Å². The van der Waals surface area contributed by atoms with Gasteiger partial charge in [-0.05, 0) is 23.8 Å². The summed E-state index contributed by atoms with van der Waals surface area (Å²) in [6, 6.07) is 9.15. The number of benzene rings is 2. The van der Waals surface area contributed by atoms with Gasteiger partial charge in [0.15, 0.2) is 6.61 Å².